The van der Waals surface area contributed by atoms with Gasteiger partial charge in [-0.25, -0.2) is 0 Å². The summed E-state index contributed by atoms with van der Waals surface area (Å²) >= 11 is 0. The molecule has 1 rings (SSSR count). The van der Waals surface area contributed by atoms with Gasteiger partial charge in [0.2, 0.25) is 0 Å². The highest BCUT2D eigenvalue weighted by Crippen LogP contribution is 2.38. The Kier molecular flexibility index (Phi) is 1.18. The molecule has 7 heavy (non-hydrogen) atoms. The van der Waals surface area contributed by atoms with E-state index in [1.165, 1.54) is 6.42 Å². The molecular formula is C7H12. The average Bonchev–Trinajstić information content (AvgIpc) is 2.22. The molecule has 1 aliphatic rings. The van der Waals surface area contributed by atoms with Crippen molar-refractivity contribution in [1.82, 2.24) is 0 Å². The van der Waals surface area contributed by atoms with E-state index in [-0.39, 0.29) is 0 Å². The van der Waals surface area contributed by atoms with Gasteiger partial charge in [-0.1, -0.05) is 19.1 Å². The van der Waals surface area contributed by atoms with Crippen molar-refractivity contribution < 1.29 is 0 Å². The van der Waals surface area contributed by atoms with Crippen LogP contribution in [-0.2, 0) is 0 Å². The maximum atomic E-state index is 2.30. The molecule has 40 valence electrons. The molecule has 0 aliphatic heterocycles. The first-order valence-electron chi connectivity index (χ1n) is 2.97. The second-order valence-electron chi connectivity index (χ2n) is 2.40. The topological polar surface area (TPSA) is 0 Å². The summed E-state index contributed by atoms with van der Waals surface area (Å²) in [6.45, 7) is 4.38. The number of hydrogen-bond acceptors (Lipinski definition) is 0. The van der Waals surface area contributed by atoms with Crippen LogP contribution in [0, 0.1) is 11.8 Å². The minimum absolute atomic E-state index is 0.935. The van der Waals surface area contributed by atoms with E-state index < -0.39 is 0 Å². The fourth-order valence-corrected chi connectivity index (χ4v) is 0.866. The molecule has 0 aromatic carbocycles. The van der Waals surface area contributed by atoms with Crippen LogP contribution in [0.4, 0.5) is 0 Å². The normalized spacial score (nSPS) is 39.7. The Morgan fingerprint density at radius 3 is 2.29 bits per heavy atom. The van der Waals surface area contributed by atoms with Crippen molar-refractivity contribution in [2.45, 2.75) is 20.3 Å². The molecule has 1 fully saturated rings. The fourth-order valence-electron chi connectivity index (χ4n) is 0.866. The summed E-state index contributed by atoms with van der Waals surface area (Å²) in [6, 6.07) is 0. The standard InChI is InChI=1S/C7H12/c1-3-4-7-5-6(7)2/h3-4,6-7H,5H2,1-2H3/b4-3-/t6-,7+/m0/s1. The second-order valence-corrected chi connectivity index (χ2v) is 2.40. The predicted octanol–water partition coefficient (Wildman–Crippen LogP) is 2.22. The summed E-state index contributed by atoms with van der Waals surface area (Å²) in [4.78, 5) is 0. The second kappa shape index (κ2) is 1.69. The largest absolute Gasteiger partial charge is 0.0914 e. The Labute approximate surface area is 45.2 Å². The lowest BCUT2D eigenvalue weighted by molar-refractivity contribution is 0.898. The van der Waals surface area contributed by atoms with Crippen LogP contribution < -0.4 is 0 Å². The number of rotatable bonds is 1. The molecule has 0 heteroatoms. The minimum atomic E-state index is 0.935. The van der Waals surface area contributed by atoms with Crippen molar-refractivity contribution in [2.75, 3.05) is 0 Å². The molecule has 0 radical (unpaired) electrons. The minimum Gasteiger partial charge on any atom is -0.0914 e. The molecule has 0 saturated heterocycles. The van der Waals surface area contributed by atoms with Gasteiger partial charge in [-0.3, -0.25) is 0 Å². The number of allylic oxidation sites excluding steroid dienone is 2. The van der Waals surface area contributed by atoms with Gasteiger partial charge in [-0.05, 0) is 25.2 Å². The summed E-state index contributed by atoms with van der Waals surface area (Å²) in [5.74, 6) is 1.92. The lowest BCUT2D eigenvalue weighted by atomic mass is 10.3. The molecule has 0 aromatic rings. The summed E-state index contributed by atoms with van der Waals surface area (Å²) in [6.07, 6.45) is 5.86. The average molecular weight is 96.2 g/mol. The Balaban J connectivity index is 2.21. The van der Waals surface area contributed by atoms with Crippen molar-refractivity contribution in [3.05, 3.63) is 12.2 Å². The van der Waals surface area contributed by atoms with E-state index in [0.717, 1.165) is 11.8 Å². The molecule has 2 atom stereocenters. The molecule has 0 bridgehead atoms. The Morgan fingerprint density at radius 2 is 2.14 bits per heavy atom. The highest BCUT2D eigenvalue weighted by molar-refractivity contribution is 4.98. The van der Waals surface area contributed by atoms with Gasteiger partial charge in [0, 0.05) is 0 Å². The van der Waals surface area contributed by atoms with E-state index in [1.54, 1.807) is 0 Å². The van der Waals surface area contributed by atoms with Gasteiger partial charge in [0.25, 0.3) is 0 Å². The van der Waals surface area contributed by atoms with Crippen LogP contribution >= 0.6 is 0 Å². The first kappa shape index (κ1) is 4.89. The van der Waals surface area contributed by atoms with Gasteiger partial charge in [0.15, 0.2) is 0 Å². The van der Waals surface area contributed by atoms with E-state index in [0.29, 0.717) is 0 Å². The maximum Gasteiger partial charge on any atom is -0.0205 e. The van der Waals surface area contributed by atoms with E-state index in [2.05, 4.69) is 26.0 Å². The molecule has 0 unspecified atom stereocenters. The number of hydrogen-bond donors (Lipinski definition) is 0. The van der Waals surface area contributed by atoms with Crippen LogP contribution in [0.1, 0.15) is 20.3 Å². The van der Waals surface area contributed by atoms with Crippen molar-refractivity contribution in [1.29, 1.82) is 0 Å². The molecule has 1 saturated carbocycles. The van der Waals surface area contributed by atoms with Gasteiger partial charge in [0.1, 0.15) is 0 Å². The van der Waals surface area contributed by atoms with Crippen LogP contribution in [0.3, 0.4) is 0 Å². The molecule has 0 amide bonds. The molecule has 0 N–H and O–H groups in total. The van der Waals surface area contributed by atoms with E-state index in [1.807, 2.05) is 0 Å². The third kappa shape index (κ3) is 1.05. The summed E-state index contributed by atoms with van der Waals surface area (Å²) in [5, 5.41) is 0. The summed E-state index contributed by atoms with van der Waals surface area (Å²) in [5.41, 5.74) is 0. The van der Waals surface area contributed by atoms with Crippen LogP contribution in [0.5, 0.6) is 0 Å². The Bertz CT molecular complexity index is 82.0. The van der Waals surface area contributed by atoms with Crippen LogP contribution in [-0.4, -0.2) is 0 Å². The van der Waals surface area contributed by atoms with Gasteiger partial charge < -0.3 is 0 Å². The smallest absolute Gasteiger partial charge is 0.0205 e. The Morgan fingerprint density at radius 1 is 1.57 bits per heavy atom. The molecule has 0 aromatic heterocycles. The van der Waals surface area contributed by atoms with E-state index in [4.69, 9.17) is 0 Å². The van der Waals surface area contributed by atoms with Gasteiger partial charge in [0.05, 0.1) is 0 Å². The maximum absolute atomic E-state index is 2.30. The monoisotopic (exact) mass is 96.1 g/mol. The molecular weight excluding hydrogens is 84.1 g/mol. The van der Waals surface area contributed by atoms with Gasteiger partial charge in [-0.2, -0.15) is 0 Å². The van der Waals surface area contributed by atoms with Crippen molar-refractivity contribution in [3.8, 4) is 0 Å². The molecule has 0 nitrogen and oxygen atoms in total. The summed E-state index contributed by atoms with van der Waals surface area (Å²) < 4.78 is 0. The molecule has 0 heterocycles. The van der Waals surface area contributed by atoms with E-state index in [9.17, 15) is 0 Å². The van der Waals surface area contributed by atoms with Crippen LogP contribution in [0.25, 0.3) is 0 Å². The third-order valence-corrected chi connectivity index (χ3v) is 1.61. The lowest BCUT2D eigenvalue weighted by Crippen LogP contribution is -1.64. The lowest BCUT2D eigenvalue weighted by Gasteiger charge is -1.75. The van der Waals surface area contributed by atoms with Gasteiger partial charge in [-0.15, -0.1) is 0 Å². The SMILES string of the molecule is C/C=C\[C@@H]1C[C@@H]1C. The van der Waals surface area contributed by atoms with Gasteiger partial charge >= 0.3 is 0 Å². The highest BCUT2D eigenvalue weighted by atomic mass is 14.3. The molecule has 1 aliphatic carbocycles. The van der Waals surface area contributed by atoms with E-state index >= 15 is 0 Å². The van der Waals surface area contributed by atoms with Crippen molar-refractivity contribution in [2.24, 2.45) is 11.8 Å². The zero-order chi connectivity index (χ0) is 5.28. The predicted molar refractivity (Wildman–Crippen MR) is 32.1 cm³/mol. The fraction of sp³-hybridized carbons (Fsp3) is 0.714. The first-order chi connectivity index (χ1) is 3.34. The molecule has 0 spiro atoms. The Hall–Kier alpha value is -0.260. The van der Waals surface area contributed by atoms with Crippen LogP contribution in [0.15, 0.2) is 12.2 Å². The third-order valence-electron chi connectivity index (χ3n) is 1.61. The van der Waals surface area contributed by atoms with Crippen molar-refractivity contribution in [3.63, 3.8) is 0 Å². The quantitative estimate of drug-likeness (QED) is 0.439. The first-order valence-corrected chi connectivity index (χ1v) is 2.97. The zero-order valence-electron chi connectivity index (χ0n) is 5.02. The van der Waals surface area contributed by atoms with Crippen LogP contribution in [0.2, 0.25) is 0 Å². The summed E-state index contributed by atoms with van der Waals surface area (Å²) in [7, 11) is 0. The zero-order valence-corrected chi connectivity index (χ0v) is 5.02. The van der Waals surface area contributed by atoms with Crippen molar-refractivity contribution >= 4 is 0 Å². The highest BCUT2D eigenvalue weighted by Gasteiger charge is 2.28.